The van der Waals surface area contributed by atoms with E-state index in [0.29, 0.717) is 5.56 Å². The van der Waals surface area contributed by atoms with Gasteiger partial charge in [0.05, 0.1) is 34.8 Å². The fraction of sp³-hybridized carbons (Fsp3) is 0.316. The SMILES string of the molecule is CC(C)(O)C(NC(=O)Nc1cc2n[nH]c(C(F)F)c2c(CO)n1)c1ccccc1. The van der Waals surface area contributed by atoms with Crippen LogP contribution in [-0.4, -0.2) is 37.0 Å². The van der Waals surface area contributed by atoms with Gasteiger partial charge in [-0.05, 0) is 19.4 Å². The van der Waals surface area contributed by atoms with Crippen molar-refractivity contribution in [1.82, 2.24) is 20.5 Å². The van der Waals surface area contributed by atoms with Crippen molar-refractivity contribution in [1.29, 1.82) is 0 Å². The molecule has 154 valence electrons. The van der Waals surface area contributed by atoms with E-state index >= 15 is 0 Å². The van der Waals surface area contributed by atoms with Crippen molar-refractivity contribution < 1.29 is 23.8 Å². The van der Waals surface area contributed by atoms with Crippen LogP contribution >= 0.6 is 0 Å². The first kappa shape index (κ1) is 20.6. The molecule has 1 atom stereocenters. The molecule has 0 saturated heterocycles. The molecule has 3 rings (SSSR count). The Kier molecular flexibility index (Phi) is 5.76. The van der Waals surface area contributed by atoms with E-state index in [2.05, 4.69) is 25.8 Å². The molecule has 2 aromatic heterocycles. The molecule has 10 heteroatoms. The Morgan fingerprint density at radius 1 is 1.28 bits per heavy atom. The highest BCUT2D eigenvalue weighted by molar-refractivity contribution is 5.92. The first-order valence-electron chi connectivity index (χ1n) is 8.82. The third-order valence-electron chi connectivity index (χ3n) is 4.36. The molecule has 2 heterocycles. The molecular formula is C19H21F2N5O3. The van der Waals surface area contributed by atoms with Gasteiger partial charge in [0.15, 0.2) is 0 Å². The summed E-state index contributed by atoms with van der Waals surface area (Å²) in [5, 5.41) is 31.2. The minimum absolute atomic E-state index is 0.0205. The van der Waals surface area contributed by atoms with E-state index in [1.165, 1.54) is 6.07 Å². The average Bonchev–Trinajstić information content (AvgIpc) is 3.09. The summed E-state index contributed by atoms with van der Waals surface area (Å²) in [6.45, 7) is 2.52. The number of nitrogens with one attached hydrogen (secondary N) is 3. The van der Waals surface area contributed by atoms with Gasteiger partial charge in [-0.3, -0.25) is 10.4 Å². The number of aliphatic hydroxyl groups excluding tert-OH is 1. The third kappa shape index (κ3) is 4.49. The Labute approximate surface area is 165 Å². The van der Waals surface area contributed by atoms with Crippen molar-refractivity contribution in [2.24, 2.45) is 0 Å². The lowest BCUT2D eigenvalue weighted by molar-refractivity contribution is 0.0415. The molecule has 0 saturated carbocycles. The number of hydrogen-bond donors (Lipinski definition) is 5. The molecule has 0 aliphatic heterocycles. The molecule has 8 nitrogen and oxygen atoms in total. The number of amides is 2. The number of aromatic amines is 1. The van der Waals surface area contributed by atoms with Crippen molar-refractivity contribution in [3.63, 3.8) is 0 Å². The summed E-state index contributed by atoms with van der Waals surface area (Å²) in [6.07, 6.45) is -2.81. The van der Waals surface area contributed by atoms with Crippen LogP contribution in [0.1, 0.15) is 43.3 Å². The molecule has 0 fully saturated rings. The molecule has 2 amide bonds. The molecule has 0 aliphatic rings. The maximum absolute atomic E-state index is 13.1. The lowest BCUT2D eigenvalue weighted by Crippen LogP contribution is -2.44. The van der Waals surface area contributed by atoms with Crippen LogP contribution in [0.3, 0.4) is 0 Å². The van der Waals surface area contributed by atoms with Gasteiger partial charge < -0.3 is 15.5 Å². The van der Waals surface area contributed by atoms with E-state index in [1.807, 2.05) is 6.07 Å². The number of carbonyl (C=O) groups excluding carboxylic acids is 1. The van der Waals surface area contributed by atoms with Gasteiger partial charge >= 0.3 is 6.03 Å². The molecule has 5 N–H and O–H groups in total. The summed E-state index contributed by atoms with van der Waals surface area (Å²) in [5.41, 5.74) is -0.913. The van der Waals surface area contributed by atoms with Crippen LogP contribution in [0.2, 0.25) is 0 Å². The van der Waals surface area contributed by atoms with Crippen LogP contribution in [0.15, 0.2) is 36.4 Å². The molecule has 0 radical (unpaired) electrons. The summed E-state index contributed by atoms with van der Waals surface area (Å²) in [7, 11) is 0. The summed E-state index contributed by atoms with van der Waals surface area (Å²) >= 11 is 0. The number of aliphatic hydroxyl groups is 2. The standard InChI is InChI=1S/C19H21F2N5O3/c1-19(2,29)16(10-6-4-3-5-7-10)24-18(28)23-13-8-11-14(12(9-27)22-13)15(17(20)21)26-25-11/h3-8,16-17,27,29H,9H2,1-2H3,(H,25,26)(H2,22,23,24,28). The molecule has 0 aliphatic carbocycles. The van der Waals surface area contributed by atoms with Crippen molar-refractivity contribution in [2.45, 2.75) is 38.5 Å². The molecule has 0 spiro atoms. The number of carbonyl (C=O) groups is 1. The molecular weight excluding hydrogens is 384 g/mol. The van der Waals surface area contributed by atoms with E-state index in [9.17, 15) is 23.8 Å². The normalized spacial score (nSPS) is 12.9. The number of aromatic nitrogens is 3. The Morgan fingerprint density at radius 2 is 1.97 bits per heavy atom. The predicted molar refractivity (Wildman–Crippen MR) is 102 cm³/mol. The zero-order valence-electron chi connectivity index (χ0n) is 15.8. The van der Waals surface area contributed by atoms with Crippen molar-refractivity contribution in [3.8, 4) is 0 Å². The molecule has 29 heavy (non-hydrogen) atoms. The van der Waals surface area contributed by atoms with E-state index in [1.54, 1.807) is 38.1 Å². The number of nitrogens with zero attached hydrogens (tertiary/aromatic N) is 2. The second-order valence-electron chi connectivity index (χ2n) is 7.04. The summed E-state index contributed by atoms with van der Waals surface area (Å²) in [6, 6.07) is 8.86. The molecule has 0 bridgehead atoms. The number of rotatable bonds is 6. The molecule has 1 aromatic carbocycles. The number of benzene rings is 1. The Bertz CT molecular complexity index is 1000. The Hall–Kier alpha value is -3.11. The van der Waals surface area contributed by atoms with E-state index < -0.39 is 36.4 Å². The zero-order chi connectivity index (χ0) is 21.2. The average molecular weight is 405 g/mol. The maximum atomic E-state index is 13.1. The summed E-state index contributed by atoms with van der Waals surface area (Å²) in [5.74, 6) is 0.0222. The fourth-order valence-corrected chi connectivity index (χ4v) is 3.07. The van der Waals surface area contributed by atoms with Gasteiger partial charge in [-0.2, -0.15) is 5.10 Å². The van der Waals surface area contributed by atoms with Crippen molar-refractivity contribution >= 4 is 22.8 Å². The second kappa shape index (κ2) is 8.10. The minimum atomic E-state index is -2.81. The summed E-state index contributed by atoms with van der Waals surface area (Å²) < 4.78 is 26.2. The topological polar surface area (TPSA) is 123 Å². The highest BCUT2D eigenvalue weighted by Crippen LogP contribution is 2.29. The van der Waals surface area contributed by atoms with Crippen LogP contribution in [0.4, 0.5) is 19.4 Å². The van der Waals surface area contributed by atoms with Crippen molar-refractivity contribution in [3.05, 3.63) is 53.3 Å². The highest BCUT2D eigenvalue weighted by atomic mass is 19.3. The highest BCUT2D eigenvalue weighted by Gasteiger charge is 2.30. The molecule has 3 aromatic rings. The quantitative estimate of drug-likeness (QED) is 0.431. The van der Waals surface area contributed by atoms with Crippen LogP contribution in [-0.2, 0) is 6.61 Å². The lowest BCUT2D eigenvalue weighted by atomic mass is 9.92. The predicted octanol–water partition coefficient (Wildman–Crippen LogP) is 3.02. The first-order valence-corrected chi connectivity index (χ1v) is 8.82. The van der Waals surface area contributed by atoms with Gasteiger partial charge in [-0.25, -0.2) is 18.6 Å². The van der Waals surface area contributed by atoms with Crippen LogP contribution < -0.4 is 10.6 Å². The Morgan fingerprint density at radius 3 is 2.55 bits per heavy atom. The smallest absolute Gasteiger partial charge is 0.320 e. The second-order valence-corrected chi connectivity index (χ2v) is 7.04. The van der Waals surface area contributed by atoms with Crippen LogP contribution in [0.5, 0.6) is 0 Å². The zero-order valence-corrected chi connectivity index (χ0v) is 15.8. The maximum Gasteiger partial charge on any atom is 0.320 e. The minimum Gasteiger partial charge on any atom is -0.390 e. The van der Waals surface area contributed by atoms with E-state index in [-0.39, 0.29) is 22.4 Å². The van der Waals surface area contributed by atoms with E-state index in [0.717, 1.165) is 0 Å². The van der Waals surface area contributed by atoms with E-state index in [4.69, 9.17) is 0 Å². The Balaban J connectivity index is 1.85. The number of urea groups is 1. The van der Waals surface area contributed by atoms with Gasteiger partial charge in [0, 0.05) is 6.07 Å². The number of pyridine rings is 1. The first-order chi connectivity index (χ1) is 13.7. The number of fused-ring (bicyclic) bond motifs is 1. The third-order valence-corrected chi connectivity index (χ3v) is 4.36. The summed E-state index contributed by atoms with van der Waals surface area (Å²) in [4.78, 5) is 16.5. The van der Waals surface area contributed by atoms with Gasteiger partial charge in [0.1, 0.15) is 11.5 Å². The van der Waals surface area contributed by atoms with Gasteiger partial charge in [-0.15, -0.1) is 0 Å². The lowest BCUT2D eigenvalue weighted by Gasteiger charge is -2.30. The number of anilines is 1. The number of H-pyrrole nitrogens is 1. The number of halogens is 2. The van der Waals surface area contributed by atoms with Crippen molar-refractivity contribution in [2.75, 3.05) is 5.32 Å². The number of hydrogen-bond acceptors (Lipinski definition) is 5. The monoisotopic (exact) mass is 405 g/mol. The van der Waals surface area contributed by atoms with Crippen LogP contribution in [0, 0.1) is 0 Å². The number of alkyl halides is 2. The van der Waals surface area contributed by atoms with Crippen LogP contribution in [0.25, 0.3) is 10.9 Å². The van der Waals surface area contributed by atoms with Gasteiger partial charge in [-0.1, -0.05) is 30.3 Å². The fourth-order valence-electron chi connectivity index (χ4n) is 3.07. The van der Waals surface area contributed by atoms with Gasteiger partial charge in [0.2, 0.25) is 0 Å². The van der Waals surface area contributed by atoms with Gasteiger partial charge in [0.25, 0.3) is 6.43 Å². The molecule has 1 unspecified atom stereocenters. The largest absolute Gasteiger partial charge is 0.390 e.